The predicted octanol–water partition coefficient (Wildman–Crippen LogP) is 4.00. The van der Waals surface area contributed by atoms with Crippen LogP contribution in [0.4, 0.5) is 4.39 Å². The molecule has 1 aliphatic rings. The molecular weight excluding hydrogens is 343 g/mol. The molecule has 1 fully saturated rings. The zero-order valence-electron chi connectivity index (χ0n) is 15.2. The van der Waals surface area contributed by atoms with Crippen LogP contribution < -0.4 is 5.32 Å². The molecule has 5 heteroatoms. The topological polar surface area (TPSA) is 49.4 Å². The molecule has 1 heterocycles. The van der Waals surface area contributed by atoms with Crippen molar-refractivity contribution in [1.82, 2.24) is 10.2 Å². The van der Waals surface area contributed by atoms with Gasteiger partial charge in [0.2, 0.25) is 0 Å². The van der Waals surface area contributed by atoms with Crippen LogP contribution in [-0.2, 0) is 4.79 Å². The van der Waals surface area contributed by atoms with Gasteiger partial charge < -0.3 is 10.2 Å². The van der Waals surface area contributed by atoms with E-state index in [2.05, 4.69) is 5.32 Å². The zero-order chi connectivity index (χ0) is 19.1. The summed E-state index contributed by atoms with van der Waals surface area (Å²) in [6.45, 7) is 1.36. The summed E-state index contributed by atoms with van der Waals surface area (Å²) >= 11 is 0. The van der Waals surface area contributed by atoms with E-state index in [9.17, 15) is 14.0 Å². The minimum atomic E-state index is -0.346. The highest BCUT2D eigenvalue weighted by molar-refractivity contribution is 6.05. The summed E-state index contributed by atoms with van der Waals surface area (Å²) in [5.41, 5.74) is 1.34. The third kappa shape index (κ3) is 5.26. The molecular formula is C22H23FN2O2. The van der Waals surface area contributed by atoms with Gasteiger partial charge >= 0.3 is 0 Å². The van der Waals surface area contributed by atoms with Crippen molar-refractivity contribution in [3.05, 3.63) is 77.2 Å². The quantitative estimate of drug-likeness (QED) is 0.832. The number of hydrogen-bond acceptors (Lipinski definition) is 2. The summed E-state index contributed by atoms with van der Waals surface area (Å²) < 4.78 is 13.2. The molecule has 2 amide bonds. The number of benzene rings is 2. The van der Waals surface area contributed by atoms with E-state index in [0.29, 0.717) is 24.2 Å². The predicted molar refractivity (Wildman–Crippen MR) is 103 cm³/mol. The van der Waals surface area contributed by atoms with E-state index in [1.165, 1.54) is 12.1 Å². The Morgan fingerprint density at radius 1 is 0.889 bits per heavy atom. The Hall–Kier alpha value is -2.95. The van der Waals surface area contributed by atoms with Gasteiger partial charge in [0, 0.05) is 18.7 Å². The standard InChI is InChI=1S/C22H23FN2O2/c23-19-12-10-17(11-13-19)16-20(22(27)25-14-6-1-2-7-15-25)24-21(26)18-8-4-3-5-9-18/h3-5,8-13,16H,1-2,6-7,14-15H2,(H,24,26)/b20-16-. The Kier molecular flexibility index (Phi) is 6.36. The van der Waals surface area contributed by atoms with Crippen LogP contribution in [0.5, 0.6) is 0 Å². The van der Waals surface area contributed by atoms with E-state index >= 15 is 0 Å². The van der Waals surface area contributed by atoms with Crippen molar-refractivity contribution in [3.8, 4) is 0 Å². The Balaban J connectivity index is 1.86. The highest BCUT2D eigenvalue weighted by atomic mass is 19.1. The second-order valence-corrected chi connectivity index (χ2v) is 6.64. The lowest BCUT2D eigenvalue weighted by Gasteiger charge is -2.22. The number of rotatable bonds is 4. The normalized spacial score (nSPS) is 15.1. The van der Waals surface area contributed by atoms with E-state index in [1.807, 2.05) is 6.07 Å². The number of likely N-dealkylation sites (tertiary alicyclic amines) is 1. The molecule has 0 saturated carbocycles. The number of nitrogens with zero attached hydrogens (tertiary/aromatic N) is 1. The van der Waals surface area contributed by atoms with Gasteiger partial charge in [-0.2, -0.15) is 0 Å². The SMILES string of the molecule is O=C(N/C(=C\c1ccc(F)cc1)C(=O)N1CCCCCC1)c1ccccc1. The highest BCUT2D eigenvalue weighted by Crippen LogP contribution is 2.15. The van der Waals surface area contributed by atoms with Crippen LogP contribution in [0.25, 0.3) is 6.08 Å². The molecule has 0 spiro atoms. The second-order valence-electron chi connectivity index (χ2n) is 6.64. The summed E-state index contributed by atoms with van der Waals surface area (Å²) in [7, 11) is 0. The Labute approximate surface area is 158 Å². The van der Waals surface area contributed by atoms with E-state index in [0.717, 1.165) is 25.7 Å². The number of carbonyl (C=O) groups excluding carboxylic acids is 2. The molecule has 0 aromatic heterocycles. The molecule has 0 radical (unpaired) electrons. The van der Waals surface area contributed by atoms with Gasteiger partial charge in [-0.3, -0.25) is 9.59 Å². The van der Waals surface area contributed by atoms with Gasteiger partial charge in [0.05, 0.1) is 0 Å². The van der Waals surface area contributed by atoms with E-state index < -0.39 is 0 Å². The van der Waals surface area contributed by atoms with E-state index in [-0.39, 0.29) is 23.3 Å². The minimum absolute atomic E-state index is 0.203. The molecule has 2 aromatic rings. The number of nitrogens with one attached hydrogen (secondary N) is 1. The lowest BCUT2D eigenvalue weighted by molar-refractivity contribution is -0.127. The van der Waals surface area contributed by atoms with Gasteiger partial charge in [-0.15, -0.1) is 0 Å². The van der Waals surface area contributed by atoms with Crippen LogP contribution in [-0.4, -0.2) is 29.8 Å². The van der Waals surface area contributed by atoms with Crippen molar-refractivity contribution in [2.45, 2.75) is 25.7 Å². The monoisotopic (exact) mass is 366 g/mol. The third-order valence-electron chi connectivity index (χ3n) is 4.59. The number of carbonyl (C=O) groups is 2. The van der Waals surface area contributed by atoms with Gasteiger partial charge in [-0.1, -0.05) is 43.2 Å². The molecule has 3 rings (SSSR count). The van der Waals surface area contributed by atoms with Crippen LogP contribution in [0.2, 0.25) is 0 Å². The van der Waals surface area contributed by atoms with Crippen molar-refractivity contribution >= 4 is 17.9 Å². The molecule has 0 atom stereocenters. The number of amides is 2. The van der Waals surface area contributed by atoms with Crippen LogP contribution in [0.15, 0.2) is 60.3 Å². The van der Waals surface area contributed by atoms with Crippen LogP contribution in [0.1, 0.15) is 41.6 Å². The fraction of sp³-hybridized carbons (Fsp3) is 0.273. The average Bonchev–Trinajstić information content (AvgIpc) is 2.98. The van der Waals surface area contributed by atoms with Crippen molar-refractivity contribution in [2.24, 2.45) is 0 Å². The lowest BCUT2D eigenvalue weighted by atomic mass is 10.1. The van der Waals surface area contributed by atoms with Crippen LogP contribution >= 0.6 is 0 Å². The van der Waals surface area contributed by atoms with Crippen LogP contribution in [0.3, 0.4) is 0 Å². The smallest absolute Gasteiger partial charge is 0.270 e. The van der Waals surface area contributed by atoms with E-state index in [4.69, 9.17) is 0 Å². The third-order valence-corrected chi connectivity index (χ3v) is 4.59. The van der Waals surface area contributed by atoms with Crippen LogP contribution in [0, 0.1) is 5.82 Å². The van der Waals surface area contributed by atoms with E-state index in [1.54, 1.807) is 47.4 Å². The summed E-state index contributed by atoms with van der Waals surface area (Å²) in [4.78, 5) is 27.4. The summed E-state index contributed by atoms with van der Waals surface area (Å²) in [6, 6.07) is 14.6. The lowest BCUT2D eigenvalue weighted by Crippen LogP contribution is -2.39. The van der Waals surface area contributed by atoms with Crippen molar-refractivity contribution in [2.75, 3.05) is 13.1 Å². The van der Waals surface area contributed by atoms with Gasteiger partial charge in [-0.05, 0) is 48.7 Å². The maximum atomic E-state index is 13.2. The molecule has 140 valence electrons. The fourth-order valence-electron chi connectivity index (χ4n) is 3.11. The first kappa shape index (κ1) is 18.8. The van der Waals surface area contributed by atoms with Crippen molar-refractivity contribution in [3.63, 3.8) is 0 Å². The second kappa shape index (κ2) is 9.12. The summed E-state index contributed by atoms with van der Waals surface area (Å²) in [5.74, 6) is -0.890. The molecule has 0 bridgehead atoms. The van der Waals surface area contributed by atoms with Gasteiger partial charge in [0.15, 0.2) is 0 Å². The maximum absolute atomic E-state index is 13.2. The summed E-state index contributed by atoms with van der Waals surface area (Å²) in [5, 5.41) is 2.75. The molecule has 0 unspecified atom stereocenters. The first-order valence-electron chi connectivity index (χ1n) is 9.26. The first-order valence-corrected chi connectivity index (χ1v) is 9.26. The molecule has 1 aliphatic heterocycles. The summed E-state index contributed by atoms with van der Waals surface area (Å²) in [6.07, 6.45) is 5.74. The fourth-order valence-corrected chi connectivity index (χ4v) is 3.11. The molecule has 0 aliphatic carbocycles. The Bertz CT molecular complexity index is 808. The molecule has 27 heavy (non-hydrogen) atoms. The van der Waals surface area contributed by atoms with Gasteiger partial charge in [-0.25, -0.2) is 4.39 Å². The van der Waals surface area contributed by atoms with Crippen molar-refractivity contribution in [1.29, 1.82) is 0 Å². The largest absolute Gasteiger partial charge is 0.337 e. The number of halogens is 1. The minimum Gasteiger partial charge on any atom is -0.337 e. The molecule has 1 saturated heterocycles. The van der Waals surface area contributed by atoms with Crippen molar-refractivity contribution < 1.29 is 14.0 Å². The Morgan fingerprint density at radius 2 is 1.52 bits per heavy atom. The molecule has 1 N–H and O–H groups in total. The first-order chi connectivity index (χ1) is 13.1. The van der Waals surface area contributed by atoms with Gasteiger partial charge in [0.1, 0.15) is 11.5 Å². The maximum Gasteiger partial charge on any atom is 0.270 e. The molecule has 4 nitrogen and oxygen atoms in total. The zero-order valence-corrected chi connectivity index (χ0v) is 15.2. The van der Waals surface area contributed by atoms with Gasteiger partial charge in [0.25, 0.3) is 11.8 Å². The molecule has 2 aromatic carbocycles. The Morgan fingerprint density at radius 3 is 2.15 bits per heavy atom. The highest BCUT2D eigenvalue weighted by Gasteiger charge is 2.21. The average molecular weight is 366 g/mol. The number of hydrogen-bond donors (Lipinski definition) is 1.